The molecule has 0 aliphatic carbocycles. The number of benzene rings is 1. The number of rotatable bonds is 4. The summed E-state index contributed by atoms with van der Waals surface area (Å²) in [5.74, 6) is -1.61. The zero-order valence-corrected chi connectivity index (χ0v) is 12.0. The van der Waals surface area contributed by atoms with Gasteiger partial charge in [0, 0.05) is 6.54 Å². The summed E-state index contributed by atoms with van der Waals surface area (Å²) in [4.78, 5) is 36.9. The molecule has 1 aliphatic heterocycles. The van der Waals surface area contributed by atoms with Crippen LogP contribution >= 0.6 is 0 Å². The lowest BCUT2D eigenvalue weighted by molar-refractivity contribution is -0.146. The van der Waals surface area contributed by atoms with Gasteiger partial charge >= 0.3 is 5.97 Å². The van der Waals surface area contributed by atoms with Gasteiger partial charge in [0.2, 0.25) is 11.8 Å². The molecule has 0 saturated carbocycles. The topological polar surface area (TPSA) is 75.7 Å². The molecular formula is C15H18N2O4. The fraction of sp³-hybridized carbons (Fsp3) is 0.400. The van der Waals surface area contributed by atoms with E-state index in [0.29, 0.717) is 0 Å². The van der Waals surface area contributed by atoms with E-state index >= 15 is 0 Å². The van der Waals surface area contributed by atoms with E-state index in [2.05, 4.69) is 5.32 Å². The molecular weight excluding hydrogens is 272 g/mol. The average molecular weight is 290 g/mol. The number of carbonyl (C=O) groups excluding carboxylic acids is 3. The number of nitrogens with zero attached hydrogens (tertiary/aromatic N) is 1. The third-order valence-corrected chi connectivity index (χ3v) is 3.64. The van der Waals surface area contributed by atoms with Crippen molar-refractivity contribution in [2.75, 3.05) is 20.2 Å². The van der Waals surface area contributed by atoms with Crippen molar-refractivity contribution in [2.24, 2.45) is 0 Å². The molecule has 0 bridgehead atoms. The highest BCUT2D eigenvalue weighted by Gasteiger charge is 2.34. The number of hydrogen-bond donors (Lipinski definition) is 1. The molecule has 0 radical (unpaired) electrons. The lowest BCUT2D eigenvalue weighted by Gasteiger charge is -2.33. The number of esters is 1. The van der Waals surface area contributed by atoms with Crippen molar-refractivity contribution < 1.29 is 19.1 Å². The molecule has 1 aromatic rings. The molecule has 1 heterocycles. The van der Waals surface area contributed by atoms with Crippen LogP contribution in [0.5, 0.6) is 0 Å². The number of carbonyl (C=O) groups is 3. The van der Waals surface area contributed by atoms with Crippen molar-refractivity contribution in [2.45, 2.75) is 18.9 Å². The highest BCUT2D eigenvalue weighted by Crippen LogP contribution is 2.20. The predicted molar refractivity (Wildman–Crippen MR) is 75.4 cm³/mol. The van der Waals surface area contributed by atoms with Crippen LogP contribution < -0.4 is 5.32 Å². The lowest BCUT2D eigenvalue weighted by Crippen LogP contribution is -2.57. The largest absolute Gasteiger partial charge is 0.469 e. The second-order valence-corrected chi connectivity index (χ2v) is 5.00. The van der Waals surface area contributed by atoms with Crippen LogP contribution in [0.2, 0.25) is 0 Å². The normalized spacial score (nSPS) is 20.8. The fourth-order valence-electron chi connectivity index (χ4n) is 2.37. The summed E-state index contributed by atoms with van der Waals surface area (Å²) < 4.78 is 4.85. The summed E-state index contributed by atoms with van der Waals surface area (Å²) in [6.45, 7) is 2.06. The Morgan fingerprint density at radius 2 is 2.05 bits per heavy atom. The van der Waals surface area contributed by atoms with E-state index in [0.717, 1.165) is 5.56 Å². The predicted octanol–water partition coefficient (Wildman–Crippen LogP) is 0.290. The number of nitrogens with one attached hydrogen (secondary N) is 1. The minimum atomic E-state index is -0.530. The SMILES string of the molecule is COC(=O)C(CN1CC(=O)NC(=O)C1C)c1ccccc1. The molecule has 112 valence electrons. The maximum absolute atomic E-state index is 12.0. The molecule has 0 spiro atoms. The molecule has 21 heavy (non-hydrogen) atoms. The van der Waals surface area contributed by atoms with Gasteiger partial charge in [0.25, 0.3) is 0 Å². The van der Waals surface area contributed by atoms with Crippen LogP contribution in [0.1, 0.15) is 18.4 Å². The molecule has 2 amide bonds. The molecule has 1 fully saturated rings. The molecule has 2 unspecified atom stereocenters. The Hall–Kier alpha value is -2.21. The van der Waals surface area contributed by atoms with E-state index in [1.54, 1.807) is 11.8 Å². The van der Waals surface area contributed by atoms with Gasteiger partial charge in [-0.2, -0.15) is 0 Å². The first kappa shape index (κ1) is 15.2. The van der Waals surface area contributed by atoms with E-state index < -0.39 is 12.0 Å². The van der Waals surface area contributed by atoms with Crippen LogP contribution in [0.15, 0.2) is 30.3 Å². The van der Waals surface area contributed by atoms with E-state index in [-0.39, 0.29) is 30.9 Å². The van der Waals surface area contributed by atoms with Crippen molar-refractivity contribution in [1.29, 1.82) is 0 Å². The molecule has 1 saturated heterocycles. The molecule has 1 aromatic carbocycles. The molecule has 6 nitrogen and oxygen atoms in total. The summed E-state index contributed by atoms with van der Waals surface area (Å²) in [7, 11) is 1.33. The van der Waals surface area contributed by atoms with Crippen molar-refractivity contribution in [3.63, 3.8) is 0 Å². The second-order valence-electron chi connectivity index (χ2n) is 5.00. The van der Waals surface area contributed by atoms with Crippen LogP contribution in [-0.4, -0.2) is 48.9 Å². The highest BCUT2D eigenvalue weighted by molar-refractivity contribution is 6.00. The highest BCUT2D eigenvalue weighted by atomic mass is 16.5. The van der Waals surface area contributed by atoms with Crippen molar-refractivity contribution in [3.05, 3.63) is 35.9 Å². The minimum absolute atomic E-state index is 0.0905. The Morgan fingerprint density at radius 1 is 1.38 bits per heavy atom. The Morgan fingerprint density at radius 3 is 2.67 bits per heavy atom. The maximum atomic E-state index is 12.0. The zero-order valence-electron chi connectivity index (χ0n) is 12.0. The number of imide groups is 1. The van der Waals surface area contributed by atoms with Gasteiger partial charge in [0.05, 0.1) is 25.6 Å². The molecule has 1 aliphatic rings. The minimum Gasteiger partial charge on any atom is -0.469 e. The number of methoxy groups -OCH3 is 1. The summed E-state index contributed by atoms with van der Waals surface area (Å²) in [6.07, 6.45) is 0. The molecule has 1 N–H and O–H groups in total. The van der Waals surface area contributed by atoms with E-state index in [1.807, 2.05) is 30.3 Å². The number of hydrogen-bond acceptors (Lipinski definition) is 5. The van der Waals surface area contributed by atoms with Gasteiger partial charge in [-0.1, -0.05) is 30.3 Å². The van der Waals surface area contributed by atoms with Crippen LogP contribution in [-0.2, 0) is 19.1 Å². The fourth-order valence-corrected chi connectivity index (χ4v) is 2.37. The van der Waals surface area contributed by atoms with Gasteiger partial charge in [0.1, 0.15) is 0 Å². The Kier molecular flexibility index (Phi) is 4.70. The zero-order chi connectivity index (χ0) is 15.4. The van der Waals surface area contributed by atoms with Gasteiger partial charge in [-0.05, 0) is 12.5 Å². The summed E-state index contributed by atoms with van der Waals surface area (Å²) in [5, 5.41) is 2.28. The van der Waals surface area contributed by atoms with Crippen LogP contribution in [0.25, 0.3) is 0 Å². The first-order valence-corrected chi connectivity index (χ1v) is 6.73. The number of amides is 2. The molecule has 6 heteroatoms. The summed E-state index contributed by atoms with van der Waals surface area (Å²) in [5.41, 5.74) is 0.801. The van der Waals surface area contributed by atoms with Crippen molar-refractivity contribution in [1.82, 2.24) is 10.2 Å². The third-order valence-electron chi connectivity index (χ3n) is 3.64. The van der Waals surface area contributed by atoms with Crippen LogP contribution in [0.3, 0.4) is 0 Å². The number of piperazine rings is 1. The first-order chi connectivity index (χ1) is 10.0. The quantitative estimate of drug-likeness (QED) is 0.637. The summed E-state index contributed by atoms with van der Waals surface area (Å²) >= 11 is 0. The number of ether oxygens (including phenoxy) is 1. The Labute approximate surface area is 123 Å². The molecule has 2 atom stereocenters. The van der Waals surface area contributed by atoms with E-state index in [1.165, 1.54) is 7.11 Å². The van der Waals surface area contributed by atoms with E-state index in [9.17, 15) is 14.4 Å². The third kappa shape index (κ3) is 3.46. The average Bonchev–Trinajstić information content (AvgIpc) is 2.49. The Balaban J connectivity index is 2.21. The maximum Gasteiger partial charge on any atom is 0.314 e. The standard InChI is InChI=1S/C15H18N2O4/c1-10-14(19)16-13(18)9-17(10)8-12(15(20)21-2)11-6-4-3-5-7-11/h3-7,10,12H,8-9H2,1-2H3,(H,16,18,19). The van der Waals surface area contributed by atoms with Gasteiger partial charge in [-0.25, -0.2) is 0 Å². The second kappa shape index (κ2) is 6.49. The van der Waals surface area contributed by atoms with Gasteiger partial charge in [-0.15, -0.1) is 0 Å². The van der Waals surface area contributed by atoms with Gasteiger partial charge < -0.3 is 4.74 Å². The van der Waals surface area contributed by atoms with Gasteiger partial charge in [-0.3, -0.25) is 24.6 Å². The summed E-state index contributed by atoms with van der Waals surface area (Å²) in [6, 6.07) is 8.73. The van der Waals surface area contributed by atoms with Crippen molar-refractivity contribution >= 4 is 17.8 Å². The first-order valence-electron chi connectivity index (χ1n) is 6.73. The van der Waals surface area contributed by atoms with Crippen LogP contribution in [0.4, 0.5) is 0 Å². The van der Waals surface area contributed by atoms with Crippen molar-refractivity contribution in [3.8, 4) is 0 Å². The smallest absolute Gasteiger partial charge is 0.314 e. The monoisotopic (exact) mass is 290 g/mol. The van der Waals surface area contributed by atoms with Gasteiger partial charge in [0.15, 0.2) is 0 Å². The molecule has 0 aromatic heterocycles. The molecule has 2 rings (SSSR count). The lowest BCUT2D eigenvalue weighted by atomic mass is 9.97. The van der Waals surface area contributed by atoms with E-state index in [4.69, 9.17) is 4.74 Å². The van der Waals surface area contributed by atoms with Crippen LogP contribution in [0, 0.1) is 0 Å². The Bertz CT molecular complexity index is 544.